The van der Waals surface area contributed by atoms with Crippen molar-refractivity contribution < 1.29 is 23.8 Å². The Morgan fingerprint density at radius 3 is 1.92 bits per heavy atom. The van der Waals surface area contributed by atoms with Gasteiger partial charge in [-0.15, -0.1) is 0 Å². The summed E-state index contributed by atoms with van der Waals surface area (Å²) >= 11 is 0. The van der Waals surface area contributed by atoms with Crippen LogP contribution < -0.4 is 5.32 Å². The van der Waals surface area contributed by atoms with E-state index < -0.39 is 17.6 Å². The molecule has 1 N–H and O–H groups in total. The molecule has 0 heterocycles. The molecule has 0 aromatic rings. The molecule has 0 unspecified atom stereocenters. The van der Waals surface area contributed by atoms with Crippen LogP contribution in [0.2, 0.25) is 0 Å². The Hall–Kier alpha value is -1.92. The summed E-state index contributed by atoms with van der Waals surface area (Å²) in [5.74, 6) is -0.416. The van der Waals surface area contributed by atoms with Gasteiger partial charge in [0.25, 0.3) is 0 Å². The van der Waals surface area contributed by atoms with Gasteiger partial charge in [-0.2, -0.15) is 0 Å². The van der Waals surface area contributed by atoms with E-state index in [9.17, 15) is 9.59 Å². The van der Waals surface area contributed by atoms with Crippen LogP contribution >= 0.6 is 0 Å². The molecule has 6 heteroatoms. The Bertz CT molecular complexity index is 498. The lowest BCUT2D eigenvalue weighted by Gasteiger charge is -2.19. The van der Waals surface area contributed by atoms with Gasteiger partial charge in [-0.3, -0.25) is 10.1 Å². The monoisotopic (exact) mass is 337 g/mol. The van der Waals surface area contributed by atoms with Crippen molar-refractivity contribution in [2.75, 3.05) is 26.4 Å². The largest absolute Gasteiger partial charge is 0.444 e. The van der Waals surface area contributed by atoms with E-state index >= 15 is 0 Å². The smallest absolute Gasteiger partial charge is 0.414 e. The Balaban J connectivity index is 0.000000387. The molecular formula is C18H27NO5. The van der Waals surface area contributed by atoms with Crippen LogP contribution in [0.1, 0.15) is 34.1 Å². The molecular weight excluding hydrogens is 310 g/mol. The molecule has 0 aromatic heterocycles. The van der Waals surface area contributed by atoms with Gasteiger partial charge in [0.1, 0.15) is 5.60 Å². The Morgan fingerprint density at radius 1 is 0.958 bits per heavy atom. The topological polar surface area (TPSA) is 73.9 Å². The first kappa shape index (κ1) is 20.1. The lowest BCUT2D eigenvalue weighted by Crippen LogP contribution is -2.36. The lowest BCUT2D eigenvalue weighted by molar-refractivity contribution is -0.121. The summed E-state index contributed by atoms with van der Waals surface area (Å²) in [6.45, 7) is 8.92. The van der Waals surface area contributed by atoms with E-state index in [0.29, 0.717) is 19.8 Å². The predicted octanol–water partition coefficient (Wildman–Crippen LogP) is 3.15. The Labute approximate surface area is 143 Å². The highest BCUT2D eigenvalue weighted by Gasteiger charge is 2.17. The van der Waals surface area contributed by atoms with Crippen LogP contribution in [-0.2, 0) is 19.0 Å². The second-order valence-corrected chi connectivity index (χ2v) is 6.19. The van der Waals surface area contributed by atoms with Gasteiger partial charge in [0.05, 0.1) is 26.2 Å². The molecule has 0 saturated heterocycles. The number of hydrogen-bond acceptors (Lipinski definition) is 5. The summed E-state index contributed by atoms with van der Waals surface area (Å²) in [4.78, 5) is 22.5. The quantitative estimate of drug-likeness (QED) is 0.786. The second-order valence-electron chi connectivity index (χ2n) is 6.19. The molecule has 0 bridgehead atoms. The van der Waals surface area contributed by atoms with Crippen molar-refractivity contribution in [1.29, 1.82) is 0 Å². The number of hydrogen-bond donors (Lipinski definition) is 1. The van der Waals surface area contributed by atoms with E-state index in [-0.39, 0.29) is 13.0 Å². The minimum atomic E-state index is -0.734. The molecule has 0 saturated carbocycles. The highest BCUT2D eigenvalue weighted by molar-refractivity contribution is 5.91. The average molecular weight is 337 g/mol. The maximum absolute atomic E-state index is 11.3. The molecule has 134 valence electrons. The van der Waals surface area contributed by atoms with Crippen LogP contribution in [-0.4, -0.2) is 44.0 Å². The summed E-state index contributed by atoms with van der Waals surface area (Å²) in [6.07, 6.45) is -0.618. The minimum Gasteiger partial charge on any atom is -0.444 e. The van der Waals surface area contributed by atoms with Crippen molar-refractivity contribution in [2.45, 2.75) is 39.7 Å². The van der Waals surface area contributed by atoms with Crippen molar-refractivity contribution in [3.8, 4) is 11.1 Å². The van der Waals surface area contributed by atoms with E-state index in [4.69, 9.17) is 14.2 Å². The molecule has 0 radical (unpaired) electrons. The molecule has 0 spiro atoms. The van der Waals surface area contributed by atoms with Crippen molar-refractivity contribution in [1.82, 2.24) is 5.32 Å². The number of nitrogens with one attached hydrogen (secondary N) is 1. The number of amides is 2. The highest BCUT2D eigenvalue weighted by Crippen LogP contribution is 2.29. The summed E-state index contributed by atoms with van der Waals surface area (Å²) < 4.78 is 15.1. The minimum absolute atomic E-state index is 0.116. The van der Waals surface area contributed by atoms with E-state index in [1.165, 1.54) is 11.1 Å². The molecule has 0 aliphatic heterocycles. The van der Waals surface area contributed by atoms with Gasteiger partial charge in [-0.1, -0.05) is 24.3 Å². The van der Waals surface area contributed by atoms with Crippen LogP contribution in [0, 0.1) is 0 Å². The van der Waals surface area contributed by atoms with E-state index in [1.54, 1.807) is 20.8 Å². The van der Waals surface area contributed by atoms with Crippen LogP contribution in [0.25, 0.3) is 11.1 Å². The molecule has 2 aliphatic carbocycles. The zero-order valence-electron chi connectivity index (χ0n) is 14.9. The SMILES string of the molecule is CCOCCOCCC(=O)NC(=O)OC(C)(C)C.c1cc2ccc1-2. The first-order valence-electron chi connectivity index (χ1n) is 8.10. The van der Waals surface area contributed by atoms with Crippen LogP contribution in [0.4, 0.5) is 4.79 Å². The maximum Gasteiger partial charge on any atom is 0.414 e. The van der Waals surface area contributed by atoms with Crippen LogP contribution in [0.15, 0.2) is 24.3 Å². The number of carbonyl (C=O) groups excluding carboxylic acids is 2. The molecule has 2 rings (SSSR count). The van der Waals surface area contributed by atoms with Gasteiger partial charge in [0.2, 0.25) is 5.91 Å². The van der Waals surface area contributed by atoms with E-state index in [0.717, 1.165) is 0 Å². The standard InChI is InChI=1S/C12H23NO5.C6H4/c1-5-16-8-9-17-7-6-10(14)13-11(15)18-12(2,3)4;1-2-6-4-3-5(1)6/h5-9H2,1-4H3,(H,13,14,15);1-4H. The third-order valence-electron chi connectivity index (χ3n) is 2.91. The number of imide groups is 1. The Kier molecular flexibility index (Phi) is 8.43. The fraction of sp³-hybridized carbons (Fsp3) is 0.556. The third kappa shape index (κ3) is 8.64. The van der Waals surface area contributed by atoms with Gasteiger partial charge in [0, 0.05) is 6.61 Å². The fourth-order valence-electron chi connectivity index (χ4n) is 1.67. The van der Waals surface area contributed by atoms with Crippen molar-refractivity contribution in [2.24, 2.45) is 0 Å². The molecule has 0 atom stereocenters. The average Bonchev–Trinajstić information content (AvgIpc) is 2.45. The number of ether oxygens (including phenoxy) is 3. The number of fused-ring (bicyclic) bond motifs is 1. The normalized spacial score (nSPS) is 11.2. The summed E-state index contributed by atoms with van der Waals surface area (Å²) in [6, 6.07) is 8.48. The number of alkyl carbamates (subject to hydrolysis) is 1. The molecule has 0 aromatic carbocycles. The number of carbonyl (C=O) groups is 2. The number of benzene rings is 1. The van der Waals surface area contributed by atoms with Crippen LogP contribution in [0.3, 0.4) is 0 Å². The van der Waals surface area contributed by atoms with Crippen molar-refractivity contribution >= 4 is 12.0 Å². The van der Waals surface area contributed by atoms with Gasteiger partial charge < -0.3 is 14.2 Å². The lowest BCUT2D eigenvalue weighted by atomic mass is 9.95. The summed E-state index contributed by atoms with van der Waals surface area (Å²) in [5.41, 5.74) is 2.24. The predicted molar refractivity (Wildman–Crippen MR) is 91.7 cm³/mol. The first-order chi connectivity index (χ1) is 11.3. The Morgan fingerprint density at radius 2 is 1.50 bits per heavy atom. The van der Waals surface area contributed by atoms with Gasteiger partial charge in [-0.05, 0) is 38.8 Å². The number of rotatable bonds is 7. The van der Waals surface area contributed by atoms with Crippen LogP contribution in [0.5, 0.6) is 0 Å². The molecule has 6 nitrogen and oxygen atoms in total. The summed E-state index contributed by atoms with van der Waals surface area (Å²) in [5, 5.41) is 2.13. The second kappa shape index (κ2) is 10.1. The molecule has 24 heavy (non-hydrogen) atoms. The maximum atomic E-state index is 11.3. The van der Waals surface area contributed by atoms with Gasteiger partial charge >= 0.3 is 6.09 Å². The molecule has 0 fully saturated rings. The first-order valence-corrected chi connectivity index (χ1v) is 8.10. The van der Waals surface area contributed by atoms with E-state index in [2.05, 4.69) is 29.6 Å². The zero-order chi connectivity index (χ0) is 18.0. The third-order valence-corrected chi connectivity index (χ3v) is 2.91. The zero-order valence-corrected chi connectivity index (χ0v) is 14.9. The van der Waals surface area contributed by atoms with Gasteiger partial charge in [-0.25, -0.2) is 4.79 Å². The van der Waals surface area contributed by atoms with Gasteiger partial charge in [0.15, 0.2) is 0 Å². The fourth-order valence-corrected chi connectivity index (χ4v) is 1.67. The molecule has 2 aliphatic rings. The summed E-state index contributed by atoms with van der Waals surface area (Å²) in [7, 11) is 0. The molecule has 2 amide bonds. The van der Waals surface area contributed by atoms with E-state index in [1.807, 2.05) is 6.92 Å². The van der Waals surface area contributed by atoms with Crippen molar-refractivity contribution in [3.05, 3.63) is 24.3 Å². The highest BCUT2D eigenvalue weighted by atomic mass is 16.6. The van der Waals surface area contributed by atoms with Crippen molar-refractivity contribution in [3.63, 3.8) is 0 Å².